The third-order valence-corrected chi connectivity index (χ3v) is 7.53. The first kappa shape index (κ1) is 34.0. The molecule has 42 heavy (non-hydrogen) atoms. The number of hydrogen-bond acceptors (Lipinski definition) is 4. The smallest absolute Gasteiger partial charge is 0.508 e. The summed E-state index contributed by atoms with van der Waals surface area (Å²) in [4.78, 5) is 0. The number of aromatic hydroxyl groups is 3. The van der Waals surface area contributed by atoms with E-state index in [0.717, 1.165) is 5.75 Å². The van der Waals surface area contributed by atoms with Crippen LogP contribution in [-0.2, 0) is 0 Å². The summed E-state index contributed by atoms with van der Waals surface area (Å²) in [6.45, 7) is 18.1. The zero-order chi connectivity index (χ0) is 31.2. The maximum atomic E-state index is 9.38. The number of phenols is 3. The molecule has 0 aliphatic rings. The molecule has 4 atom stereocenters. The largest absolute Gasteiger partial charge is 1.00 e. The minimum atomic E-state index is 0. The lowest BCUT2D eigenvalue weighted by Gasteiger charge is -2.21. The van der Waals surface area contributed by atoms with Crippen molar-refractivity contribution >= 4 is 0 Å². The van der Waals surface area contributed by atoms with Gasteiger partial charge in [-0.25, -0.2) is 0 Å². The van der Waals surface area contributed by atoms with E-state index < -0.39 is 0 Å². The van der Waals surface area contributed by atoms with Crippen molar-refractivity contribution in [3.8, 4) is 23.0 Å². The van der Waals surface area contributed by atoms with Gasteiger partial charge in [-0.1, -0.05) is 82.3 Å². The predicted molar refractivity (Wildman–Crippen MR) is 177 cm³/mol. The predicted octanol–water partition coefficient (Wildman–Crippen LogP) is 10.4. The molecule has 0 saturated carbocycles. The molecular weight excluding hydrogens is 520 g/mol. The fourth-order valence-corrected chi connectivity index (χ4v) is 4.61. The van der Waals surface area contributed by atoms with Crippen LogP contribution in [0.2, 0.25) is 0 Å². The van der Waals surface area contributed by atoms with Crippen molar-refractivity contribution in [3.05, 3.63) is 132 Å². The molecule has 0 spiro atoms. The van der Waals surface area contributed by atoms with Crippen molar-refractivity contribution in [1.29, 1.82) is 0 Å². The van der Waals surface area contributed by atoms with Gasteiger partial charge in [-0.3, -0.25) is 0 Å². The Morgan fingerprint density at radius 3 is 0.929 bits per heavy atom. The molecule has 0 radical (unpaired) electrons. The highest BCUT2D eigenvalue weighted by molar-refractivity contribution is 5.35. The van der Waals surface area contributed by atoms with Crippen LogP contribution < -0.4 is 4.74 Å². The molecular formula is C38H49O4+. The van der Waals surface area contributed by atoms with Crippen molar-refractivity contribution in [2.24, 2.45) is 0 Å². The van der Waals surface area contributed by atoms with Gasteiger partial charge in [0.15, 0.2) is 0 Å². The monoisotopic (exact) mass is 569 g/mol. The minimum absolute atomic E-state index is 0. The quantitative estimate of drug-likeness (QED) is 0.185. The third-order valence-electron chi connectivity index (χ3n) is 7.53. The fourth-order valence-electron chi connectivity index (χ4n) is 4.61. The van der Waals surface area contributed by atoms with Gasteiger partial charge in [0.05, 0.1) is 6.10 Å². The van der Waals surface area contributed by atoms with Crippen LogP contribution in [0.15, 0.2) is 110 Å². The molecule has 4 heteroatoms. The van der Waals surface area contributed by atoms with E-state index in [1.165, 1.54) is 22.3 Å². The highest BCUT2D eigenvalue weighted by Crippen LogP contribution is 2.34. The van der Waals surface area contributed by atoms with E-state index in [-0.39, 0.29) is 7.53 Å². The summed E-state index contributed by atoms with van der Waals surface area (Å²) < 4.78 is 5.68. The van der Waals surface area contributed by atoms with Crippen LogP contribution in [0.25, 0.3) is 0 Å². The van der Waals surface area contributed by atoms with Gasteiger partial charge >= 0.3 is 1.43 Å². The van der Waals surface area contributed by atoms with Crippen molar-refractivity contribution < 1.29 is 21.5 Å². The molecule has 4 aromatic rings. The second kappa shape index (κ2) is 16.9. The molecule has 4 unspecified atom stereocenters. The van der Waals surface area contributed by atoms with Crippen LogP contribution in [-0.4, -0.2) is 21.4 Å². The van der Waals surface area contributed by atoms with E-state index in [4.69, 9.17) is 4.74 Å². The molecule has 0 aliphatic heterocycles. The van der Waals surface area contributed by atoms with E-state index in [2.05, 4.69) is 46.4 Å². The van der Waals surface area contributed by atoms with Crippen LogP contribution in [0.1, 0.15) is 95.8 Å². The minimum Gasteiger partial charge on any atom is -0.508 e. The Balaban J connectivity index is 0.000000389. The van der Waals surface area contributed by atoms with Gasteiger partial charge in [0.25, 0.3) is 0 Å². The van der Waals surface area contributed by atoms with Gasteiger partial charge < -0.3 is 20.1 Å². The van der Waals surface area contributed by atoms with Crippen LogP contribution in [0.3, 0.4) is 0 Å². The summed E-state index contributed by atoms with van der Waals surface area (Å²) in [5, 5.41) is 28.0. The molecule has 224 valence electrons. The zero-order valence-electron chi connectivity index (χ0n) is 27.2. The normalized spacial score (nSPS) is 13.3. The maximum Gasteiger partial charge on any atom is 1.00 e. The topological polar surface area (TPSA) is 69.9 Å². The number of phenolic OH excluding ortho intramolecular Hbond substituents is 3. The van der Waals surface area contributed by atoms with Crippen LogP contribution in [0, 0.1) is 0 Å². The summed E-state index contributed by atoms with van der Waals surface area (Å²) >= 11 is 0. The summed E-state index contributed by atoms with van der Waals surface area (Å²) in [5.41, 5.74) is 4.94. The Morgan fingerprint density at radius 1 is 0.500 bits per heavy atom. The van der Waals surface area contributed by atoms with Crippen molar-refractivity contribution in [1.82, 2.24) is 0 Å². The van der Waals surface area contributed by atoms with Gasteiger partial charge in [0.2, 0.25) is 0 Å². The molecule has 0 heterocycles. The van der Waals surface area contributed by atoms with E-state index in [1.807, 2.05) is 69.3 Å². The molecule has 4 aromatic carbocycles. The summed E-state index contributed by atoms with van der Waals surface area (Å²) in [7, 11) is 0. The van der Waals surface area contributed by atoms with E-state index in [1.54, 1.807) is 42.5 Å². The number of benzene rings is 4. The molecule has 3 N–H and O–H groups in total. The number of hydrogen-bond donors (Lipinski definition) is 3. The van der Waals surface area contributed by atoms with E-state index in [0.29, 0.717) is 40.9 Å². The SMILES string of the molecule is C=CC.CC(C)Oc1ccc(C(C)C(C)c2ccc(O)cc2)cc1.CC(c1ccc(O)cc1)C(C)c1ccc(O)cc1.[H+]. The lowest BCUT2D eigenvalue weighted by atomic mass is 9.84. The Hall–Kier alpha value is -4.18. The highest BCUT2D eigenvalue weighted by atomic mass is 16.5. The van der Waals surface area contributed by atoms with Gasteiger partial charge in [0.1, 0.15) is 23.0 Å². The van der Waals surface area contributed by atoms with E-state index >= 15 is 0 Å². The Morgan fingerprint density at radius 2 is 0.714 bits per heavy atom. The Labute approximate surface area is 254 Å². The van der Waals surface area contributed by atoms with Crippen molar-refractivity contribution in [3.63, 3.8) is 0 Å². The highest BCUT2D eigenvalue weighted by Gasteiger charge is 2.17. The van der Waals surface area contributed by atoms with Gasteiger partial charge in [-0.2, -0.15) is 0 Å². The first-order valence-corrected chi connectivity index (χ1v) is 14.7. The molecule has 4 nitrogen and oxygen atoms in total. The van der Waals surface area contributed by atoms with Crippen LogP contribution in [0.5, 0.6) is 23.0 Å². The average molecular weight is 570 g/mol. The van der Waals surface area contributed by atoms with Gasteiger partial charge in [-0.15, -0.1) is 6.58 Å². The van der Waals surface area contributed by atoms with Crippen molar-refractivity contribution in [2.45, 2.75) is 78.2 Å². The Kier molecular flexibility index (Phi) is 13.7. The second-order valence-electron chi connectivity index (χ2n) is 11.1. The maximum absolute atomic E-state index is 9.38. The molecule has 0 aliphatic carbocycles. The summed E-state index contributed by atoms with van der Waals surface area (Å²) in [6.07, 6.45) is 1.95. The van der Waals surface area contributed by atoms with Crippen molar-refractivity contribution in [2.75, 3.05) is 0 Å². The molecule has 0 bridgehead atoms. The molecule has 0 fully saturated rings. The number of allylic oxidation sites excluding steroid dienone is 1. The average Bonchev–Trinajstić information content (AvgIpc) is 2.98. The first-order chi connectivity index (χ1) is 20.0. The fraction of sp³-hybridized carbons (Fsp3) is 0.316. The third kappa shape index (κ3) is 10.7. The second-order valence-corrected chi connectivity index (χ2v) is 11.1. The lowest BCUT2D eigenvalue weighted by molar-refractivity contribution is 0.242. The zero-order valence-corrected chi connectivity index (χ0v) is 26.2. The van der Waals surface area contributed by atoms with Gasteiger partial charge in [0, 0.05) is 0 Å². The summed E-state index contributed by atoms with van der Waals surface area (Å²) in [6, 6.07) is 30.5. The first-order valence-electron chi connectivity index (χ1n) is 14.7. The summed E-state index contributed by atoms with van der Waals surface area (Å²) in [5.74, 6) is 3.33. The van der Waals surface area contributed by atoms with Gasteiger partial charge in [-0.05, 0) is 115 Å². The number of rotatable bonds is 8. The number of ether oxygens (including phenoxy) is 1. The Bertz CT molecular complexity index is 1270. The van der Waals surface area contributed by atoms with Crippen LogP contribution >= 0.6 is 0 Å². The molecule has 0 amide bonds. The standard InChI is InChI=1S/C19H24O2.C16H18O2.C3H6/c1-13(2)21-19-11-7-17(8-12-19)15(4)14(3)16-5-9-18(20)10-6-16;1-11(13-3-7-15(17)8-4-13)12(2)14-5-9-16(18)10-6-14;1-3-2/h5-15,20H,1-4H3;3-12,17-18H,1-2H3;3H,1H2,2H3/p+1. The molecule has 0 aromatic heterocycles. The molecule has 0 saturated heterocycles. The van der Waals surface area contributed by atoms with Crippen LogP contribution in [0.4, 0.5) is 0 Å². The lowest BCUT2D eigenvalue weighted by Crippen LogP contribution is -2.07. The molecule has 4 rings (SSSR count). The van der Waals surface area contributed by atoms with E-state index in [9.17, 15) is 15.3 Å².